The van der Waals surface area contributed by atoms with Crippen LogP contribution in [0.2, 0.25) is 0 Å². The molecule has 5 heteroatoms. The first-order valence-electron chi connectivity index (χ1n) is 5.98. The third-order valence-electron chi connectivity index (χ3n) is 3.08. The lowest BCUT2D eigenvalue weighted by Gasteiger charge is -2.15. The molecule has 5 nitrogen and oxygen atoms in total. The van der Waals surface area contributed by atoms with Crippen molar-refractivity contribution in [2.75, 3.05) is 18.0 Å². The molecule has 0 saturated carbocycles. The number of rotatable bonds is 3. The molecule has 17 heavy (non-hydrogen) atoms. The molecule has 1 fully saturated rings. The van der Waals surface area contributed by atoms with E-state index in [1.165, 1.54) is 18.4 Å². The third-order valence-corrected chi connectivity index (χ3v) is 3.08. The van der Waals surface area contributed by atoms with Gasteiger partial charge >= 0.3 is 0 Å². The van der Waals surface area contributed by atoms with Gasteiger partial charge in [-0.3, -0.25) is 0 Å². The normalized spacial score (nSPS) is 15.4. The summed E-state index contributed by atoms with van der Waals surface area (Å²) in [6.45, 7) is 2.87. The van der Waals surface area contributed by atoms with Gasteiger partial charge in [-0.25, -0.2) is 4.68 Å². The first-order valence-corrected chi connectivity index (χ1v) is 5.98. The van der Waals surface area contributed by atoms with E-state index in [9.17, 15) is 0 Å². The number of anilines is 1. The van der Waals surface area contributed by atoms with Crippen LogP contribution in [0.4, 0.5) is 5.95 Å². The zero-order valence-corrected chi connectivity index (χ0v) is 9.66. The van der Waals surface area contributed by atoms with Crippen LogP contribution in [0.3, 0.4) is 0 Å². The summed E-state index contributed by atoms with van der Waals surface area (Å²) in [5, 5.41) is 12.0. The van der Waals surface area contributed by atoms with Crippen molar-refractivity contribution >= 4 is 5.95 Å². The van der Waals surface area contributed by atoms with Crippen molar-refractivity contribution in [2.45, 2.75) is 19.4 Å². The average molecular weight is 229 g/mol. The molecule has 0 bridgehead atoms. The van der Waals surface area contributed by atoms with Crippen LogP contribution in [0.25, 0.3) is 0 Å². The van der Waals surface area contributed by atoms with E-state index in [-0.39, 0.29) is 0 Å². The molecule has 0 aliphatic carbocycles. The van der Waals surface area contributed by atoms with Crippen molar-refractivity contribution in [1.29, 1.82) is 0 Å². The quantitative estimate of drug-likeness (QED) is 0.796. The van der Waals surface area contributed by atoms with E-state index in [2.05, 4.69) is 32.6 Å². The Morgan fingerprint density at radius 2 is 1.82 bits per heavy atom. The number of nitrogens with zero attached hydrogens (tertiary/aromatic N) is 5. The van der Waals surface area contributed by atoms with Crippen LogP contribution in [0.5, 0.6) is 0 Å². The second-order valence-electron chi connectivity index (χ2n) is 4.32. The smallest absolute Gasteiger partial charge is 0.245 e. The molecule has 0 spiro atoms. The van der Waals surface area contributed by atoms with Crippen molar-refractivity contribution < 1.29 is 0 Å². The highest BCUT2D eigenvalue weighted by Crippen LogP contribution is 2.17. The molecule has 1 aliphatic rings. The Morgan fingerprint density at radius 1 is 1.06 bits per heavy atom. The zero-order valence-electron chi connectivity index (χ0n) is 9.66. The fourth-order valence-electron chi connectivity index (χ4n) is 2.20. The molecule has 2 heterocycles. The molecule has 1 saturated heterocycles. The predicted octanol–water partition coefficient (Wildman–Crippen LogP) is 1.32. The lowest BCUT2D eigenvalue weighted by molar-refractivity contribution is 0.640. The largest absolute Gasteiger partial charge is 0.340 e. The molecule has 1 aromatic heterocycles. The van der Waals surface area contributed by atoms with E-state index in [0.717, 1.165) is 25.6 Å². The van der Waals surface area contributed by atoms with Crippen molar-refractivity contribution in [3.63, 3.8) is 0 Å². The fraction of sp³-hybridized carbons (Fsp3) is 0.417. The van der Waals surface area contributed by atoms with E-state index in [1.807, 2.05) is 22.9 Å². The minimum absolute atomic E-state index is 0.736. The van der Waals surface area contributed by atoms with Gasteiger partial charge in [-0.1, -0.05) is 35.4 Å². The second-order valence-corrected chi connectivity index (χ2v) is 4.32. The highest BCUT2D eigenvalue weighted by Gasteiger charge is 2.18. The van der Waals surface area contributed by atoms with E-state index < -0.39 is 0 Å². The highest BCUT2D eigenvalue weighted by molar-refractivity contribution is 5.30. The molecular formula is C12H15N5. The minimum Gasteiger partial charge on any atom is -0.340 e. The van der Waals surface area contributed by atoms with Crippen LogP contribution >= 0.6 is 0 Å². The minimum atomic E-state index is 0.736. The molecule has 1 aliphatic heterocycles. The predicted molar refractivity (Wildman–Crippen MR) is 64.8 cm³/mol. The molecule has 0 N–H and O–H groups in total. The molecule has 1 aromatic carbocycles. The Balaban J connectivity index is 1.81. The lowest BCUT2D eigenvalue weighted by Crippen LogP contribution is -2.22. The maximum atomic E-state index is 4.12. The molecular weight excluding hydrogens is 214 g/mol. The standard InChI is InChI=1S/C12H15N5/c1-2-6-11(7-3-1)10-17-12(13-14-15-17)16-8-4-5-9-16/h1-3,6-7H,4-5,8-10H2. The van der Waals surface area contributed by atoms with Crippen LogP contribution in [-0.2, 0) is 6.54 Å². The van der Waals surface area contributed by atoms with Gasteiger partial charge in [0.2, 0.25) is 5.95 Å². The fourth-order valence-corrected chi connectivity index (χ4v) is 2.20. The second kappa shape index (κ2) is 4.53. The average Bonchev–Trinajstić information content (AvgIpc) is 3.00. The van der Waals surface area contributed by atoms with Crippen LogP contribution < -0.4 is 4.90 Å². The SMILES string of the molecule is c1ccc(Cn2nnnc2N2CCCC2)cc1. The Hall–Kier alpha value is -1.91. The van der Waals surface area contributed by atoms with Gasteiger partial charge in [-0.2, -0.15) is 0 Å². The zero-order chi connectivity index (χ0) is 11.5. The Kier molecular flexibility index (Phi) is 2.73. The summed E-state index contributed by atoms with van der Waals surface area (Å²) >= 11 is 0. The van der Waals surface area contributed by atoms with Gasteiger partial charge in [0, 0.05) is 13.1 Å². The van der Waals surface area contributed by atoms with Gasteiger partial charge < -0.3 is 4.90 Å². The monoisotopic (exact) mass is 229 g/mol. The van der Waals surface area contributed by atoms with E-state index in [4.69, 9.17) is 0 Å². The van der Waals surface area contributed by atoms with Gasteiger partial charge in [0.15, 0.2) is 0 Å². The molecule has 0 radical (unpaired) electrons. The lowest BCUT2D eigenvalue weighted by atomic mass is 10.2. The van der Waals surface area contributed by atoms with Crippen LogP contribution in [0.1, 0.15) is 18.4 Å². The summed E-state index contributed by atoms with van der Waals surface area (Å²) < 4.78 is 1.88. The van der Waals surface area contributed by atoms with Crippen LogP contribution in [0, 0.1) is 0 Å². The van der Waals surface area contributed by atoms with Crippen molar-refractivity contribution in [3.8, 4) is 0 Å². The van der Waals surface area contributed by atoms with E-state index in [0.29, 0.717) is 0 Å². The van der Waals surface area contributed by atoms with E-state index in [1.54, 1.807) is 0 Å². The number of benzene rings is 1. The molecule has 2 aromatic rings. The van der Waals surface area contributed by atoms with Gasteiger partial charge in [0.1, 0.15) is 0 Å². The molecule has 0 amide bonds. The summed E-state index contributed by atoms with van der Waals surface area (Å²) in [5.41, 5.74) is 1.22. The molecule has 0 atom stereocenters. The topological polar surface area (TPSA) is 46.8 Å². The number of hydrogen-bond acceptors (Lipinski definition) is 4. The summed E-state index contributed by atoms with van der Waals surface area (Å²) in [7, 11) is 0. The molecule has 0 unspecified atom stereocenters. The summed E-state index contributed by atoms with van der Waals surface area (Å²) in [6, 6.07) is 10.3. The van der Waals surface area contributed by atoms with Crippen molar-refractivity contribution in [2.24, 2.45) is 0 Å². The Morgan fingerprint density at radius 3 is 2.59 bits per heavy atom. The number of hydrogen-bond donors (Lipinski definition) is 0. The van der Waals surface area contributed by atoms with Gasteiger partial charge in [0.05, 0.1) is 6.54 Å². The number of tetrazole rings is 1. The third kappa shape index (κ3) is 2.13. The first kappa shape index (κ1) is 10.3. The number of aromatic nitrogens is 4. The molecule has 3 rings (SSSR count). The van der Waals surface area contributed by atoms with Crippen molar-refractivity contribution in [3.05, 3.63) is 35.9 Å². The Bertz CT molecular complexity index is 473. The molecule has 88 valence electrons. The van der Waals surface area contributed by atoms with Gasteiger partial charge in [0.25, 0.3) is 0 Å². The summed E-state index contributed by atoms with van der Waals surface area (Å²) in [5.74, 6) is 0.895. The van der Waals surface area contributed by atoms with E-state index >= 15 is 0 Å². The van der Waals surface area contributed by atoms with Crippen LogP contribution in [-0.4, -0.2) is 33.3 Å². The Labute approximate surface area is 100 Å². The summed E-state index contributed by atoms with van der Waals surface area (Å²) in [6.07, 6.45) is 2.47. The first-order chi connectivity index (χ1) is 8.43. The van der Waals surface area contributed by atoms with Crippen LogP contribution in [0.15, 0.2) is 30.3 Å². The maximum Gasteiger partial charge on any atom is 0.245 e. The maximum absolute atomic E-state index is 4.12. The van der Waals surface area contributed by atoms with Gasteiger partial charge in [-0.15, -0.1) is 0 Å². The van der Waals surface area contributed by atoms with Crippen molar-refractivity contribution in [1.82, 2.24) is 20.2 Å². The summed E-state index contributed by atoms with van der Waals surface area (Å²) in [4.78, 5) is 2.25. The highest BCUT2D eigenvalue weighted by atomic mass is 15.6. The van der Waals surface area contributed by atoms with Gasteiger partial charge in [-0.05, 0) is 28.8 Å².